The van der Waals surface area contributed by atoms with Crippen LogP contribution < -0.4 is 0 Å². The number of hydrogen-bond donors (Lipinski definition) is 2. The molecule has 2 heterocycles. The van der Waals surface area contributed by atoms with Gasteiger partial charge in [0.1, 0.15) is 17.8 Å². The van der Waals surface area contributed by atoms with Gasteiger partial charge in [-0.05, 0) is 88.2 Å². The highest BCUT2D eigenvalue weighted by atomic mass is 16.6. The second-order valence-corrected chi connectivity index (χ2v) is 12.6. The molecule has 4 aliphatic carbocycles. The summed E-state index contributed by atoms with van der Waals surface area (Å²) in [6.07, 6.45) is 6.73. The molecule has 0 aromatic rings. The quantitative estimate of drug-likeness (QED) is 0.474. The van der Waals surface area contributed by atoms with Crippen LogP contribution in [0.15, 0.2) is 23.3 Å². The number of carbonyl (C=O) groups excluding carboxylic acids is 2. The van der Waals surface area contributed by atoms with Crippen LogP contribution in [-0.2, 0) is 19.1 Å². The number of allylic oxidation sites excluding steroid dienone is 1. The highest BCUT2D eigenvalue weighted by Gasteiger charge is 2.81. The van der Waals surface area contributed by atoms with Gasteiger partial charge in [-0.1, -0.05) is 19.4 Å². The Morgan fingerprint density at radius 1 is 1.12 bits per heavy atom. The summed E-state index contributed by atoms with van der Waals surface area (Å²) in [5.74, 6) is 0.304. The molecule has 0 radical (unpaired) electrons. The highest BCUT2D eigenvalue weighted by molar-refractivity contribution is 5.98. The first-order valence-corrected chi connectivity index (χ1v) is 13.1. The Morgan fingerprint density at radius 2 is 1.82 bits per heavy atom. The minimum atomic E-state index is -0.936. The average molecular weight is 471 g/mol. The van der Waals surface area contributed by atoms with Gasteiger partial charge in [-0.3, -0.25) is 4.79 Å². The number of carbonyl (C=O) groups is 2. The first kappa shape index (κ1) is 22.9. The number of aliphatic hydroxyl groups excluding tert-OH is 1. The summed E-state index contributed by atoms with van der Waals surface area (Å²) in [5, 5.41) is 23.1. The van der Waals surface area contributed by atoms with Crippen LogP contribution in [0.2, 0.25) is 0 Å². The van der Waals surface area contributed by atoms with E-state index in [1.807, 2.05) is 20.8 Å². The van der Waals surface area contributed by atoms with Crippen molar-refractivity contribution in [1.82, 2.24) is 0 Å². The molecule has 0 aromatic heterocycles. The van der Waals surface area contributed by atoms with Crippen LogP contribution in [-0.4, -0.2) is 51.5 Å². The Kier molecular flexibility index (Phi) is 4.61. The minimum Gasteiger partial charge on any atom is -0.458 e. The monoisotopic (exact) mass is 470 g/mol. The first-order valence-electron chi connectivity index (χ1n) is 13.1. The fourth-order valence-corrected chi connectivity index (χ4v) is 9.47. The summed E-state index contributed by atoms with van der Waals surface area (Å²) >= 11 is 0. The molecule has 186 valence electrons. The van der Waals surface area contributed by atoms with Gasteiger partial charge in [0, 0.05) is 17.9 Å². The van der Waals surface area contributed by atoms with E-state index in [9.17, 15) is 19.8 Å². The molecule has 0 amide bonds. The van der Waals surface area contributed by atoms with Crippen molar-refractivity contribution in [3.05, 3.63) is 23.3 Å². The van der Waals surface area contributed by atoms with Gasteiger partial charge in [-0.25, -0.2) is 4.79 Å². The summed E-state index contributed by atoms with van der Waals surface area (Å²) in [6.45, 7) is 10.1. The molecule has 2 aliphatic heterocycles. The number of epoxide rings is 1. The maximum absolute atomic E-state index is 13.3. The smallest absolute Gasteiger partial charge is 0.333 e. The highest BCUT2D eigenvalue weighted by Crippen LogP contribution is 2.73. The molecule has 6 rings (SSSR count). The zero-order chi connectivity index (χ0) is 24.4. The van der Waals surface area contributed by atoms with Gasteiger partial charge >= 0.3 is 5.97 Å². The molecular formula is C28H38O6. The molecule has 0 aromatic carbocycles. The molecule has 1 saturated heterocycles. The molecule has 34 heavy (non-hydrogen) atoms. The molecule has 11 unspecified atom stereocenters. The van der Waals surface area contributed by atoms with E-state index >= 15 is 0 Å². The third-order valence-corrected chi connectivity index (χ3v) is 11.9. The Balaban J connectivity index is 1.32. The Labute approximate surface area is 201 Å². The number of rotatable bonds is 2. The van der Waals surface area contributed by atoms with Gasteiger partial charge in [-0.15, -0.1) is 0 Å². The van der Waals surface area contributed by atoms with Gasteiger partial charge < -0.3 is 19.7 Å². The second kappa shape index (κ2) is 6.83. The summed E-state index contributed by atoms with van der Waals surface area (Å²) in [4.78, 5) is 25.7. The van der Waals surface area contributed by atoms with Crippen LogP contribution in [0.4, 0.5) is 0 Å². The van der Waals surface area contributed by atoms with Crippen LogP contribution in [0.25, 0.3) is 0 Å². The standard InChI is InChI=1S/C28H38O6/c1-14-12-20(33-24(31)15(14)2)16(3)27(32)11-9-18-17-13-23-28(34-23)22(30)7-6-21(29)26(28,5)19(17)8-10-25(18,27)4/h6-7,16-20,22-23,30,32H,8-13H2,1-5H3. The van der Waals surface area contributed by atoms with Gasteiger partial charge in [0.2, 0.25) is 0 Å². The maximum atomic E-state index is 13.3. The van der Waals surface area contributed by atoms with Crippen LogP contribution in [0.1, 0.15) is 73.1 Å². The van der Waals surface area contributed by atoms with E-state index in [0.717, 1.165) is 31.3 Å². The van der Waals surface area contributed by atoms with E-state index in [2.05, 4.69) is 13.8 Å². The maximum Gasteiger partial charge on any atom is 0.333 e. The van der Waals surface area contributed by atoms with E-state index in [-0.39, 0.29) is 53.0 Å². The van der Waals surface area contributed by atoms with E-state index in [0.29, 0.717) is 18.4 Å². The van der Waals surface area contributed by atoms with Crippen LogP contribution in [0, 0.1) is 34.5 Å². The van der Waals surface area contributed by atoms with E-state index < -0.39 is 22.7 Å². The fraction of sp³-hybridized carbons (Fsp3) is 0.786. The Hall–Kier alpha value is -1.50. The Morgan fingerprint density at radius 3 is 2.53 bits per heavy atom. The second-order valence-electron chi connectivity index (χ2n) is 12.6. The van der Waals surface area contributed by atoms with Gasteiger partial charge in [0.05, 0.1) is 17.1 Å². The number of esters is 1. The lowest BCUT2D eigenvalue weighted by Crippen LogP contribution is -2.65. The lowest BCUT2D eigenvalue weighted by atomic mass is 9.44. The number of hydrogen-bond acceptors (Lipinski definition) is 6. The Bertz CT molecular complexity index is 1030. The molecule has 0 bridgehead atoms. The molecule has 6 aliphatic rings. The molecule has 6 heteroatoms. The van der Waals surface area contributed by atoms with Gasteiger partial charge in [-0.2, -0.15) is 0 Å². The largest absolute Gasteiger partial charge is 0.458 e. The van der Waals surface area contributed by atoms with E-state index in [4.69, 9.17) is 9.47 Å². The van der Waals surface area contributed by atoms with Crippen LogP contribution in [0.5, 0.6) is 0 Å². The summed E-state index contributed by atoms with van der Waals surface area (Å²) < 4.78 is 12.0. The number of ether oxygens (including phenoxy) is 2. The molecule has 2 N–H and O–H groups in total. The number of fused-ring (bicyclic) bond motifs is 4. The zero-order valence-electron chi connectivity index (χ0n) is 21.0. The first-order chi connectivity index (χ1) is 15.9. The molecule has 3 saturated carbocycles. The van der Waals surface area contributed by atoms with Crippen molar-refractivity contribution in [2.24, 2.45) is 34.5 Å². The van der Waals surface area contributed by atoms with Crippen molar-refractivity contribution in [2.45, 2.75) is 103 Å². The molecule has 4 fully saturated rings. The fourth-order valence-electron chi connectivity index (χ4n) is 9.47. The summed E-state index contributed by atoms with van der Waals surface area (Å²) in [7, 11) is 0. The van der Waals surface area contributed by atoms with Crippen molar-refractivity contribution < 1.29 is 29.3 Å². The predicted molar refractivity (Wildman–Crippen MR) is 125 cm³/mol. The van der Waals surface area contributed by atoms with Crippen molar-refractivity contribution >= 4 is 11.8 Å². The molecule has 6 nitrogen and oxygen atoms in total. The average Bonchev–Trinajstić information content (AvgIpc) is 3.47. The lowest BCUT2D eigenvalue weighted by Gasteiger charge is -2.59. The van der Waals surface area contributed by atoms with Gasteiger partial charge in [0.15, 0.2) is 5.78 Å². The van der Waals surface area contributed by atoms with Crippen LogP contribution in [0.3, 0.4) is 0 Å². The topological polar surface area (TPSA) is 96.4 Å². The van der Waals surface area contributed by atoms with E-state index in [1.165, 1.54) is 0 Å². The number of cyclic esters (lactones) is 1. The third kappa shape index (κ3) is 2.43. The number of ketones is 1. The minimum absolute atomic E-state index is 0.0759. The van der Waals surface area contributed by atoms with Crippen molar-refractivity contribution in [2.75, 3.05) is 0 Å². The van der Waals surface area contributed by atoms with Crippen molar-refractivity contribution in [1.29, 1.82) is 0 Å². The lowest BCUT2D eigenvalue weighted by molar-refractivity contribution is -0.188. The van der Waals surface area contributed by atoms with Gasteiger partial charge in [0.25, 0.3) is 0 Å². The van der Waals surface area contributed by atoms with E-state index in [1.54, 1.807) is 12.2 Å². The van der Waals surface area contributed by atoms with Crippen LogP contribution >= 0.6 is 0 Å². The molecular weight excluding hydrogens is 432 g/mol. The van der Waals surface area contributed by atoms with Crippen molar-refractivity contribution in [3.63, 3.8) is 0 Å². The normalized spacial score (nSPS) is 54.6. The molecule has 1 spiro atoms. The third-order valence-electron chi connectivity index (χ3n) is 11.9. The summed E-state index contributed by atoms with van der Waals surface area (Å²) in [5.41, 5.74) is -1.02. The molecule has 11 atom stereocenters. The SMILES string of the molecule is CC1=C(C)C(=O)OC(C(C)C2(O)CCC3C4CC5OC56C(O)C=CC(=O)C6(C)C4CCC32C)C1. The summed E-state index contributed by atoms with van der Waals surface area (Å²) in [6, 6.07) is 0. The predicted octanol–water partition coefficient (Wildman–Crippen LogP) is 3.50. The number of aliphatic hydroxyl groups is 2. The van der Waals surface area contributed by atoms with Crippen molar-refractivity contribution in [3.8, 4) is 0 Å². The zero-order valence-corrected chi connectivity index (χ0v) is 21.0.